The molecule has 0 aromatic heterocycles. The second-order valence-electron chi connectivity index (χ2n) is 9.57. The molecule has 1 aromatic rings. The lowest BCUT2D eigenvalue weighted by atomic mass is 9.87. The van der Waals surface area contributed by atoms with Crippen LogP contribution in [-0.2, 0) is 10.2 Å². The Morgan fingerprint density at radius 1 is 1.23 bits per heavy atom. The van der Waals surface area contributed by atoms with Crippen molar-refractivity contribution in [3.8, 4) is 5.75 Å². The minimum absolute atomic E-state index is 0. The highest BCUT2D eigenvalue weighted by atomic mass is 127. The van der Waals surface area contributed by atoms with Crippen LogP contribution in [0, 0.1) is 5.92 Å². The van der Waals surface area contributed by atoms with Crippen LogP contribution < -0.4 is 15.4 Å². The number of likely N-dealkylation sites (tertiary alicyclic amines) is 1. The first-order valence-corrected chi connectivity index (χ1v) is 11.4. The van der Waals surface area contributed by atoms with Gasteiger partial charge in [-0.1, -0.05) is 32.9 Å². The average Bonchev–Trinajstić information content (AvgIpc) is 3.24. The van der Waals surface area contributed by atoms with Gasteiger partial charge in [-0.05, 0) is 48.3 Å². The molecule has 2 fully saturated rings. The Kier molecular flexibility index (Phi) is 10.9. The van der Waals surface area contributed by atoms with Crippen LogP contribution in [0.5, 0.6) is 5.75 Å². The summed E-state index contributed by atoms with van der Waals surface area (Å²) in [4.78, 5) is 6.97. The molecular formula is C24H41IN4O2. The summed E-state index contributed by atoms with van der Waals surface area (Å²) in [6.45, 7) is 13.4. The Labute approximate surface area is 205 Å². The first-order chi connectivity index (χ1) is 14.4. The van der Waals surface area contributed by atoms with E-state index in [4.69, 9.17) is 9.47 Å². The third-order valence-corrected chi connectivity index (χ3v) is 6.06. The van der Waals surface area contributed by atoms with Crippen LogP contribution in [0.3, 0.4) is 0 Å². The summed E-state index contributed by atoms with van der Waals surface area (Å²) in [5, 5.41) is 6.96. The van der Waals surface area contributed by atoms with Gasteiger partial charge in [-0.2, -0.15) is 0 Å². The molecule has 3 rings (SSSR count). The van der Waals surface area contributed by atoms with Gasteiger partial charge in [0.25, 0.3) is 0 Å². The number of piperidine rings is 1. The van der Waals surface area contributed by atoms with E-state index >= 15 is 0 Å². The van der Waals surface area contributed by atoms with Gasteiger partial charge in [-0.25, -0.2) is 0 Å². The van der Waals surface area contributed by atoms with E-state index in [9.17, 15) is 0 Å². The van der Waals surface area contributed by atoms with Gasteiger partial charge in [0.15, 0.2) is 5.96 Å². The molecule has 2 aliphatic heterocycles. The van der Waals surface area contributed by atoms with Gasteiger partial charge in [-0.3, -0.25) is 4.99 Å². The van der Waals surface area contributed by atoms with Crippen LogP contribution >= 0.6 is 24.0 Å². The minimum Gasteiger partial charge on any atom is -0.492 e. The van der Waals surface area contributed by atoms with Gasteiger partial charge < -0.3 is 25.0 Å². The van der Waals surface area contributed by atoms with Gasteiger partial charge >= 0.3 is 0 Å². The van der Waals surface area contributed by atoms with Gasteiger partial charge in [0.1, 0.15) is 12.4 Å². The molecule has 2 N–H and O–H groups in total. The van der Waals surface area contributed by atoms with E-state index in [-0.39, 0.29) is 29.4 Å². The summed E-state index contributed by atoms with van der Waals surface area (Å²) >= 11 is 0. The topological polar surface area (TPSA) is 58.1 Å². The number of guanidine groups is 1. The van der Waals surface area contributed by atoms with Crippen LogP contribution in [-0.4, -0.2) is 69.9 Å². The zero-order chi connectivity index (χ0) is 21.4. The number of hydrogen-bond acceptors (Lipinski definition) is 4. The first kappa shape index (κ1) is 26.2. The number of rotatable bonds is 7. The summed E-state index contributed by atoms with van der Waals surface area (Å²) in [6, 6.07) is 8.86. The second kappa shape index (κ2) is 12.8. The van der Waals surface area contributed by atoms with Crippen molar-refractivity contribution in [1.29, 1.82) is 0 Å². The van der Waals surface area contributed by atoms with Crippen molar-refractivity contribution in [3.05, 3.63) is 29.8 Å². The monoisotopic (exact) mass is 544 g/mol. The van der Waals surface area contributed by atoms with E-state index in [1.165, 1.54) is 18.5 Å². The van der Waals surface area contributed by atoms with Gasteiger partial charge in [-0.15, -0.1) is 24.0 Å². The van der Waals surface area contributed by atoms with Crippen molar-refractivity contribution < 1.29 is 9.47 Å². The molecule has 0 aliphatic carbocycles. The molecule has 0 spiro atoms. The molecule has 0 amide bonds. The molecule has 2 aliphatic rings. The largest absolute Gasteiger partial charge is 0.492 e. The lowest BCUT2D eigenvalue weighted by Crippen LogP contribution is -2.49. The molecule has 6 nitrogen and oxygen atoms in total. The number of halogens is 1. The molecule has 0 saturated carbocycles. The molecule has 1 atom stereocenters. The molecule has 7 heteroatoms. The van der Waals surface area contributed by atoms with Gasteiger partial charge in [0, 0.05) is 39.3 Å². The maximum Gasteiger partial charge on any atom is 0.191 e. The molecule has 2 saturated heterocycles. The molecule has 0 bridgehead atoms. The summed E-state index contributed by atoms with van der Waals surface area (Å²) in [5.74, 6) is 2.52. The highest BCUT2D eigenvalue weighted by molar-refractivity contribution is 14.0. The normalized spacial score (nSPS) is 20.9. The number of hydrogen-bond donors (Lipinski definition) is 2. The molecular weight excluding hydrogens is 503 g/mol. The highest BCUT2D eigenvalue weighted by Crippen LogP contribution is 2.25. The number of nitrogens with one attached hydrogen (secondary N) is 2. The summed E-state index contributed by atoms with van der Waals surface area (Å²) in [5.41, 5.74) is 1.42. The molecule has 176 valence electrons. The quantitative estimate of drug-likeness (QED) is 0.238. The second-order valence-corrected chi connectivity index (χ2v) is 9.57. The van der Waals surface area contributed by atoms with Crippen molar-refractivity contribution >= 4 is 29.9 Å². The third kappa shape index (κ3) is 8.77. The zero-order valence-corrected chi connectivity index (χ0v) is 22.0. The average molecular weight is 545 g/mol. The summed E-state index contributed by atoms with van der Waals surface area (Å²) in [7, 11) is 1.83. The van der Waals surface area contributed by atoms with Crippen molar-refractivity contribution in [2.45, 2.75) is 51.5 Å². The summed E-state index contributed by atoms with van der Waals surface area (Å²) in [6.07, 6.45) is 3.53. The minimum atomic E-state index is 0. The Morgan fingerprint density at radius 3 is 2.65 bits per heavy atom. The van der Waals surface area contributed by atoms with Crippen LogP contribution in [0.15, 0.2) is 29.3 Å². The number of aliphatic imine (C=N–C) groups is 1. The smallest absolute Gasteiger partial charge is 0.191 e. The fourth-order valence-corrected chi connectivity index (χ4v) is 4.13. The first-order valence-electron chi connectivity index (χ1n) is 11.4. The van der Waals surface area contributed by atoms with Crippen LogP contribution in [0.2, 0.25) is 0 Å². The van der Waals surface area contributed by atoms with Gasteiger partial charge in [0.05, 0.1) is 13.2 Å². The molecule has 2 heterocycles. The van der Waals surface area contributed by atoms with Crippen LogP contribution in [0.1, 0.15) is 45.6 Å². The standard InChI is InChI=1S/C24H40N4O2.HI/c1-24(2,3)20-6-5-7-22(16-20)30-15-11-26-23(25-4)27-21-8-12-28(13-9-21)17-19-10-14-29-18-19;/h5-7,16,19,21H,8-15,17-18H2,1-4H3,(H2,25,26,27);1H. The van der Waals surface area contributed by atoms with Crippen molar-refractivity contribution in [2.24, 2.45) is 10.9 Å². The lowest BCUT2D eigenvalue weighted by Gasteiger charge is -2.34. The maximum absolute atomic E-state index is 5.94. The van der Waals surface area contributed by atoms with Gasteiger partial charge in [0.2, 0.25) is 0 Å². The van der Waals surface area contributed by atoms with Crippen LogP contribution in [0.25, 0.3) is 0 Å². The fraction of sp³-hybridized carbons (Fsp3) is 0.708. The zero-order valence-electron chi connectivity index (χ0n) is 19.7. The molecule has 1 unspecified atom stereocenters. The third-order valence-electron chi connectivity index (χ3n) is 6.06. The Hall–Kier alpha value is -1.06. The van der Waals surface area contributed by atoms with Crippen molar-refractivity contribution in [3.63, 3.8) is 0 Å². The highest BCUT2D eigenvalue weighted by Gasteiger charge is 2.24. The lowest BCUT2D eigenvalue weighted by molar-refractivity contribution is 0.150. The molecule has 0 radical (unpaired) electrons. The van der Waals surface area contributed by atoms with E-state index in [0.29, 0.717) is 12.6 Å². The molecule has 1 aromatic carbocycles. The van der Waals surface area contributed by atoms with E-state index in [1.54, 1.807) is 0 Å². The predicted molar refractivity (Wildman–Crippen MR) is 139 cm³/mol. The Bertz CT molecular complexity index is 678. The van der Waals surface area contributed by atoms with E-state index in [0.717, 1.165) is 63.3 Å². The number of ether oxygens (including phenoxy) is 2. The van der Waals surface area contributed by atoms with Crippen molar-refractivity contribution in [1.82, 2.24) is 15.5 Å². The maximum atomic E-state index is 5.94. The van der Waals surface area contributed by atoms with Crippen LogP contribution in [0.4, 0.5) is 0 Å². The fourth-order valence-electron chi connectivity index (χ4n) is 4.13. The number of nitrogens with zero attached hydrogens (tertiary/aromatic N) is 2. The van der Waals surface area contributed by atoms with E-state index < -0.39 is 0 Å². The van der Waals surface area contributed by atoms with E-state index in [1.807, 2.05) is 13.1 Å². The van der Waals surface area contributed by atoms with Crippen molar-refractivity contribution in [2.75, 3.05) is 53.0 Å². The predicted octanol–water partition coefficient (Wildman–Crippen LogP) is 3.65. The van der Waals surface area contributed by atoms with E-state index in [2.05, 4.69) is 59.5 Å². The molecule has 31 heavy (non-hydrogen) atoms. The Morgan fingerprint density at radius 2 is 2.00 bits per heavy atom. The number of benzene rings is 1. The Balaban J connectivity index is 0.00000341. The summed E-state index contributed by atoms with van der Waals surface area (Å²) < 4.78 is 11.5. The SMILES string of the molecule is CN=C(NCCOc1cccc(C(C)(C)C)c1)NC1CCN(CC2CCOC2)CC1.I.